The molecule has 2 aliphatic heterocycles. The molecule has 0 spiro atoms. The highest BCUT2D eigenvalue weighted by atomic mass is 16.2. The average Bonchev–Trinajstić information content (AvgIpc) is 3.17. The summed E-state index contributed by atoms with van der Waals surface area (Å²) in [5.41, 5.74) is 2.91. The van der Waals surface area contributed by atoms with Gasteiger partial charge >= 0.3 is 0 Å². The van der Waals surface area contributed by atoms with Crippen LogP contribution in [0.5, 0.6) is 0 Å². The van der Waals surface area contributed by atoms with Crippen LogP contribution in [0, 0.1) is 11.8 Å². The number of aryl methyl sites for hydroxylation is 1. The molecule has 5 rings (SSSR count). The van der Waals surface area contributed by atoms with E-state index in [1.54, 1.807) is 0 Å². The third-order valence-electron chi connectivity index (χ3n) is 6.44. The van der Waals surface area contributed by atoms with Crippen LogP contribution >= 0.6 is 0 Å². The van der Waals surface area contributed by atoms with Crippen LogP contribution in [0.3, 0.4) is 0 Å². The Balaban J connectivity index is 1.47. The molecular formula is C21H28N6O. The van der Waals surface area contributed by atoms with Gasteiger partial charge in [-0.25, -0.2) is 9.97 Å². The van der Waals surface area contributed by atoms with Gasteiger partial charge in [0.05, 0.1) is 17.4 Å². The van der Waals surface area contributed by atoms with Crippen LogP contribution in [-0.4, -0.2) is 50.2 Å². The zero-order valence-corrected chi connectivity index (χ0v) is 16.7. The predicted octanol–water partition coefficient (Wildman–Crippen LogP) is 2.80. The second-order valence-corrected chi connectivity index (χ2v) is 8.55. The Hall–Kier alpha value is -2.44. The maximum atomic E-state index is 12.9. The average molecular weight is 380 g/mol. The van der Waals surface area contributed by atoms with Crippen molar-refractivity contribution in [3.8, 4) is 11.3 Å². The highest BCUT2D eigenvalue weighted by Crippen LogP contribution is 2.44. The van der Waals surface area contributed by atoms with E-state index in [0.29, 0.717) is 11.8 Å². The zero-order chi connectivity index (χ0) is 19.3. The van der Waals surface area contributed by atoms with Crippen LogP contribution in [0.25, 0.3) is 11.3 Å². The second-order valence-electron chi connectivity index (χ2n) is 8.55. The van der Waals surface area contributed by atoms with Gasteiger partial charge in [-0.2, -0.15) is 5.10 Å². The number of hydrogen-bond acceptors (Lipinski definition) is 5. The smallest absolute Gasteiger partial charge is 0.226 e. The molecule has 1 amide bonds. The first kappa shape index (κ1) is 17.6. The molecule has 3 unspecified atom stereocenters. The summed E-state index contributed by atoms with van der Waals surface area (Å²) in [5, 5.41) is 4.78. The minimum Gasteiger partial charge on any atom is -0.341 e. The predicted molar refractivity (Wildman–Crippen MR) is 107 cm³/mol. The number of amides is 1. The quantitative estimate of drug-likeness (QED) is 0.816. The highest BCUT2D eigenvalue weighted by molar-refractivity contribution is 5.82. The van der Waals surface area contributed by atoms with Crippen molar-refractivity contribution < 1.29 is 4.79 Å². The molecule has 4 heterocycles. The van der Waals surface area contributed by atoms with Gasteiger partial charge in [-0.3, -0.25) is 9.48 Å². The van der Waals surface area contributed by atoms with E-state index >= 15 is 0 Å². The molecule has 3 aliphatic rings. The molecule has 2 aromatic rings. The fourth-order valence-electron chi connectivity index (χ4n) is 4.71. The van der Waals surface area contributed by atoms with Gasteiger partial charge in [0, 0.05) is 50.6 Å². The summed E-state index contributed by atoms with van der Waals surface area (Å²) < 4.78 is 1.85. The van der Waals surface area contributed by atoms with Crippen molar-refractivity contribution in [1.29, 1.82) is 0 Å². The largest absolute Gasteiger partial charge is 0.341 e. The van der Waals surface area contributed by atoms with Crippen LogP contribution in [-0.2, 0) is 11.8 Å². The molecule has 2 aromatic heterocycles. The van der Waals surface area contributed by atoms with Crippen molar-refractivity contribution in [2.75, 3.05) is 24.5 Å². The molecule has 7 nitrogen and oxygen atoms in total. The highest BCUT2D eigenvalue weighted by Gasteiger charge is 2.45. The molecule has 0 radical (unpaired) electrons. The SMILES string of the molecule is CC1CC1C(=O)N1CCCC1c1nn(C)cc1-c1ccnc(N2CCCC2)n1. The standard InChI is InChI=1S/C21H28N6O/c1-14-12-15(14)20(28)27-11-5-6-18(27)19-16(13-25(2)24-19)17-7-8-22-21(23-17)26-9-3-4-10-26/h7-8,13-15,18H,3-6,9-12H2,1-2H3. The van der Waals surface area contributed by atoms with E-state index in [9.17, 15) is 4.79 Å². The van der Waals surface area contributed by atoms with Crippen LogP contribution in [0.2, 0.25) is 0 Å². The number of hydrogen-bond donors (Lipinski definition) is 0. The van der Waals surface area contributed by atoms with Crippen LogP contribution in [0.15, 0.2) is 18.5 Å². The number of aromatic nitrogens is 4. The maximum absolute atomic E-state index is 12.9. The topological polar surface area (TPSA) is 67.2 Å². The van der Waals surface area contributed by atoms with E-state index in [0.717, 1.165) is 61.8 Å². The zero-order valence-electron chi connectivity index (χ0n) is 16.7. The van der Waals surface area contributed by atoms with Crippen LogP contribution < -0.4 is 4.90 Å². The van der Waals surface area contributed by atoms with Crippen molar-refractivity contribution in [3.63, 3.8) is 0 Å². The van der Waals surface area contributed by atoms with E-state index in [2.05, 4.69) is 21.7 Å². The van der Waals surface area contributed by atoms with Gasteiger partial charge in [0.1, 0.15) is 0 Å². The molecule has 3 atom stereocenters. The molecule has 0 aromatic carbocycles. The summed E-state index contributed by atoms with van der Waals surface area (Å²) in [6.07, 6.45) is 9.32. The monoisotopic (exact) mass is 380 g/mol. The fourth-order valence-corrected chi connectivity index (χ4v) is 4.71. The number of likely N-dealkylation sites (tertiary alicyclic amines) is 1. The minimum atomic E-state index is 0.0571. The lowest BCUT2D eigenvalue weighted by Gasteiger charge is -2.24. The summed E-state index contributed by atoms with van der Waals surface area (Å²) in [7, 11) is 1.94. The molecule has 0 bridgehead atoms. The fraction of sp³-hybridized carbons (Fsp3) is 0.619. The molecule has 7 heteroatoms. The van der Waals surface area contributed by atoms with Gasteiger partial charge in [-0.1, -0.05) is 6.92 Å². The Morgan fingerprint density at radius 1 is 1.18 bits per heavy atom. The van der Waals surface area contributed by atoms with Crippen molar-refractivity contribution in [1.82, 2.24) is 24.6 Å². The van der Waals surface area contributed by atoms with E-state index in [4.69, 9.17) is 10.1 Å². The number of rotatable bonds is 4. The normalized spacial score (nSPS) is 26.9. The summed E-state index contributed by atoms with van der Waals surface area (Å²) in [6.45, 7) is 5.05. The number of anilines is 1. The lowest BCUT2D eigenvalue weighted by molar-refractivity contribution is -0.133. The Kier molecular flexibility index (Phi) is 4.33. The van der Waals surface area contributed by atoms with Crippen LogP contribution in [0.4, 0.5) is 5.95 Å². The Bertz CT molecular complexity index is 887. The van der Waals surface area contributed by atoms with Gasteiger partial charge in [0.25, 0.3) is 0 Å². The first-order valence-corrected chi connectivity index (χ1v) is 10.5. The minimum absolute atomic E-state index is 0.0571. The first-order valence-electron chi connectivity index (χ1n) is 10.5. The van der Waals surface area contributed by atoms with Gasteiger partial charge in [-0.05, 0) is 44.1 Å². The molecule has 0 N–H and O–H groups in total. The Morgan fingerprint density at radius 2 is 1.96 bits per heavy atom. The van der Waals surface area contributed by atoms with Crippen molar-refractivity contribution in [2.24, 2.45) is 18.9 Å². The molecule has 1 saturated carbocycles. The molecule has 3 fully saturated rings. The first-order chi connectivity index (χ1) is 13.6. The van der Waals surface area contributed by atoms with Crippen LogP contribution in [0.1, 0.15) is 50.8 Å². The lowest BCUT2D eigenvalue weighted by Crippen LogP contribution is -2.32. The Morgan fingerprint density at radius 3 is 2.71 bits per heavy atom. The molecule has 2 saturated heterocycles. The van der Waals surface area contributed by atoms with Crippen molar-refractivity contribution >= 4 is 11.9 Å². The van der Waals surface area contributed by atoms with E-state index in [1.165, 1.54) is 12.8 Å². The second kappa shape index (κ2) is 6.87. The van der Waals surface area contributed by atoms with E-state index in [1.807, 2.05) is 30.2 Å². The third kappa shape index (κ3) is 3.06. The molecular weight excluding hydrogens is 352 g/mol. The van der Waals surface area contributed by atoms with Gasteiger partial charge in [0.15, 0.2) is 0 Å². The lowest BCUT2D eigenvalue weighted by atomic mass is 10.0. The Labute approximate surface area is 165 Å². The number of carbonyl (C=O) groups excluding carboxylic acids is 1. The van der Waals surface area contributed by atoms with Crippen molar-refractivity contribution in [3.05, 3.63) is 24.2 Å². The summed E-state index contributed by atoms with van der Waals surface area (Å²) in [6, 6.07) is 2.02. The van der Waals surface area contributed by atoms with Crippen molar-refractivity contribution in [2.45, 2.75) is 45.1 Å². The summed E-state index contributed by atoms with van der Waals surface area (Å²) >= 11 is 0. The molecule has 1 aliphatic carbocycles. The molecule has 28 heavy (non-hydrogen) atoms. The summed E-state index contributed by atoms with van der Waals surface area (Å²) in [5.74, 6) is 1.86. The van der Waals surface area contributed by atoms with Gasteiger partial charge < -0.3 is 9.80 Å². The molecule has 148 valence electrons. The maximum Gasteiger partial charge on any atom is 0.226 e. The summed E-state index contributed by atoms with van der Waals surface area (Å²) in [4.78, 5) is 26.6. The van der Waals surface area contributed by atoms with E-state index < -0.39 is 0 Å². The number of nitrogens with zero attached hydrogens (tertiary/aromatic N) is 6. The van der Waals surface area contributed by atoms with Gasteiger partial charge in [0.2, 0.25) is 11.9 Å². The van der Waals surface area contributed by atoms with Gasteiger partial charge in [-0.15, -0.1) is 0 Å². The van der Waals surface area contributed by atoms with E-state index in [-0.39, 0.29) is 12.0 Å². The third-order valence-corrected chi connectivity index (χ3v) is 6.44. The number of carbonyl (C=O) groups is 1.